The highest BCUT2D eigenvalue weighted by molar-refractivity contribution is 7.09. The zero-order chi connectivity index (χ0) is 17.1. The lowest BCUT2D eigenvalue weighted by molar-refractivity contribution is 0.260. The van der Waals surface area contributed by atoms with E-state index in [-0.39, 0.29) is 0 Å². The standard InChI is InChI=1S/C19H24N4OS/c1-21(14-19-4-2-9-25-19)12-17-10-18-13-22(6-3-7-23(18)20-17)11-16-5-8-24-15-16/h2,4-5,8-10,15H,3,6-7,11-14H2,1H3. The van der Waals surface area contributed by atoms with Gasteiger partial charge in [0, 0.05) is 49.7 Å². The minimum atomic E-state index is 0.889. The fraction of sp³-hybridized carbons (Fsp3) is 0.421. The predicted octanol–water partition coefficient (Wildman–Crippen LogP) is 3.58. The van der Waals surface area contributed by atoms with E-state index < -0.39 is 0 Å². The van der Waals surface area contributed by atoms with Gasteiger partial charge in [0.15, 0.2) is 0 Å². The van der Waals surface area contributed by atoms with Crippen molar-refractivity contribution in [1.29, 1.82) is 0 Å². The Morgan fingerprint density at radius 2 is 2.24 bits per heavy atom. The van der Waals surface area contributed by atoms with E-state index in [0.717, 1.165) is 45.7 Å². The smallest absolute Gasteiger partial charge is 0.0947 e. The Morgan fingerprint density at radius 3 is 3.04 bits per heavy atom. The van der Waals surface area contributed by atoms with Gasteiger partial charge in [0.1, 0.15) is 0 Å². The Kier molecular flexibility index (Phi) is 5.01. The lowest BCUT2D eigenvalue weighted by Gasteiger charge is -2.18. The van der Waals surface area contributed by atoms with Crippen molar-refractivity contribution in [3.8, 4) is 0 Å². The number of furan rings is 1. The molecule has 0 atom stereocenters. The van der Waals surface area contributed by atoms with Gasteiger partial charge in [0.25, 0.3) is 0 Å². The first-order chi connectivity index (χ1) is 12.3. The predicted molar refractivity (Wildman–Crippen MR) is 99.2 cm³/mol. The van der Waals surface area contributed by atoms with Gasteiger partial charge in [-0.15, -0.1) is 11.3 Å². The number of aromatic nitrogens is 2. The molecule has 0 spiro atoms. The van der Waals surface area contributed by atoms with Crippen LogP contribution in [0.2, 0.25) is 0 Å². The van der Waals surface area contributed by atoms with Gasteiger partial charge in [0.2, 0.25) is 0 Å². The first kappa shape index (κ1) is 16.6. The number of aryl methyl sites for hydroxylation is 1. The highest BCUT2D eigenvalue weighted by Gasteiger charge is 2.17. The molecule has 4 rings (SSSR count). The number of thiophene rings is 1. The molecule has 0 aliphatic carbocycles. The van der Waals surface area contributed by atoms with Crippen molar-refractivity contribution in [2.45, 2.75) is 39.1 Å². The highest BCUT2D eigenvalue weighted by atomic mass is 32.1. The molecule has 0 unspecified atom stereocenters. The molecule has 6 heteroatoms. The SMILES string of the molecule is CN(Cc1cc2n(n1)CCCN(Cc1ccoc1)C2)Cc1cccs1. The van der Waals surface area contributed by atoms with Crippen molar-refractivity contribution < 1.29 is 4.42 Å². The minimum absolute atomic E-state index is 0.889. The van der Waals surface area contributed by atoms with Crippen molar-refractivity contribution in [3.05, 3.63) is 64.0 Å². The normalized spacial score (nSPS) is 15.4. The third-order valence-electron chi connectivity index (χ3n) is 4.57. The van der Waals surface area contributed by atoms with Gasteiger partial charge in [-0.05, 0) is 37.0 Å². The van der Waals surface area contributed by atoms with Gasteiger partial charge in [-0.1, -0.05) is 6.07 Å². The Labute approximate surface area is 152 Å². The molecule has 4 heterocycles. The Bertz CT molecular complexity index is 779. The number of fused-ring (bicyclic) bond motifs is 1. The number of hydrogen-bond donors (Lipinski definition) is 0. The first-order valence-electron chi connectivity index (χ1n) is 8.76. The van der Waals surface area contributed by atoms with Crippen LogP contribution < -0.4 is 0 Å². The third kappa shape index (κ3) is 4.21. The van der Waals surface area contributed by atoms with Crippen LogP contribution in [0.5, 0.6) is 0 Å². The third-order valence-corrected chi connectivity index (χ3v) is 5.43. The summed E-state index contributed by atoms with van der Waals surface area (Å²) in [6.45, 7) is 5.86. The molecule has 0 bridgehead atoms. The Morgan fingerprint density at radius 1 is 1.28 bits per heavy atom. The summed E-state index contributed by atoms with van der Waals surface area (Å²) >= 11 is 1.81. The van der Waals surface area contributed by atoms with Crippen molar-refractivity contribution in [2.75, 3.05) is 13.6 Å². The Hall–Kier alpha value is -1.89. The molecule has 0 fully saturated rings. The van der Waals surface area contributed by atoms with E-state index in [4.69, 9.17) is 9.52 Å². The summed E-state index contributed by atoms with van der Waals surface area (Å²) in [5.41, 5.74) is 3.73. The number of nitrogens with zero attached hydrogens (tertiary/aromatic N) is 4. The lowest BCUT2D eigenvalue weighted by Crippen LogP contribution is -2.22. The number of hydrogen-bond acceptors (Lipinski definition) is 5. The van der Waals surface area contributed by atoms with Gasteiger partial charge in [0.05, 0.1) is 23.9 Å². The molecule has 1 aliphatic heterocycles. The average molecular weight is 356 g/mol. The maximum atomic E-state index is 5.20. The zero-order valence-corrected chi connectivity index (χ0v) is 15.4. The molecule has 3 aromatic rings. The molecule has 25 heavy (non-hydrogen) atoms. The summed E-state index contributed by atoms with van der Waals surface area (Å²) in [6, 6.07) is 8.63. The van der Waals surface area contributed by atoms with Gasteiger partial charge >= 0.3 is 0 Å². The largest absolute Gasteiger partial charge is 0.472 e. The molecule has 1 aliphatic rings. The molecule has 0 amide bonds. The molecule has 0 saturated heterocycles. The van der Waals surface area contributed by atoms with Gasteiger partial charge in [-0.3, -0.25) is 14.5 Å². The van der Waals surface area contributed by atoms with Gasteiger partial charge < -0.3 is 4.42 Å². The number of rotatable bonds is 6. The lowest BCUT2D eigenvalue weighted by atomic mass is 10.2. The second-order valence-electron chi connectivity index (χ2n) is 6.80. The summed E-state index contributed by atoms with van der Waals surface area (Å²) in [5.74, 6) is 0. The van der Waals surface area contributed by atoms with Crippen LogP contribution >= 0.6 is 11.3 Å². The molecule has 132 valence electrons. The van der Waals surface area contributed by atoms with Crippen LogP contribution in [0.1, 0.15) is 28.2 Å². The maximum absolute atomic E-state index is 5.20. The van der Waals surface area contributed by atoms with Crippen molar-refractivity contribution in [3.63, 3.8) is 0 Å². The molecular formula is C19H24N4OS. The first-order valence-corrected chi connectivity index (χ1v) is 9.64. The van der Waals surface area contributed by atoms with Crippen molar-refractivity contribution in [2.24, 2.45) is 0 Å². The van der Waals surface area contributed by atoms with E-state index in [1.807, 2.05) is 23.7 Å². The topological polar surface area (TPSA) is 37.4 Å². The van der Waals surface area contributed by atoms with Crippen LogP contribution in [0, 0.1) is 0 Å². The summed E-state index contributed by atoms with van der Waals surface area (Å²) in [7, 11) is 2.16. The summed E-state index contributed by atoms with van der Waals surface area (Å²) in [4.78, 5) is 6.21. The van der Waals surface area contributed by atoms with E-state index in [1.165, 1.54) is 21.8 Å². The van der Waals surface area contributed by atoms with Crippen LogP contribution in [-0.2, 0) is 32.7 Å². The summed E-state index contributed by atoms with van der Waals surface area (Å²) < 4.78 is 7.40. The zero-order valence-electron chi connectivity index (χ0n) is 14.6. The monoisotopic (exact) mass is 356 g/mol. The van der Waals surface area contributed by atoms with Crippen molar-refractivity contribution >= 4 is 11.3 Å². The fourth-order valence-electron chi connectivity index (χ4n) is 3.44. The second kappa shape index (κ2) is 7.56. The summed E-state index contributed by atoms with van der Waals surface area (Å²) in [6.07, 6.45) is 4.73. The fourth-order valence-corrected chi connectivity index (χ4v) is 4.23. The second-order valence-corrected chi connectivity index (χ2v) is 7.83. The minimum Gasteiger partial charge on any atom is -0.472 e. The molecule has 0 N–H and O–H groups in total. The summed E-state index contributed by atoms with van der Waals surface area (Å²) in [5, 5.41) is 6.98. The van der Waals surface area contributed by atoms with E-state index in [0.29, 0.717) is 0 Å². The molecule has 0 aromatic carbocycles. The van der Waals surface area contributed by atoms with E-state index in [1.54, 1.807) is 6.26 Å². The van der Waals surface area contributed by atoms with Crippen LogP contribution in [0.15, 0.2) is 46.6 Å². The van der Waals surface area contributed by atoms with E-state index in [2.05, 4.69) is 45.1 Å². The molecule has 0 radical (unpaired) electrons. The Balaban J connectivity index is 1.40. The maximum Gasteiger partial charge on any atom is 0.0947 e. The van der Waals surface area contributed by atoms with Crippen molar-refractivity contribution in [1.82, 2.24) is 19.6 Å². The van der Waals surface area contributed by atoms with E-state index >= 15 is 0 Å². The average Bonchev–Trinajstić information content (AvgIpc) is 3.30. The molecule has 5 nitrogen and oxygen atoms in total. The van der Waals surface area contributed by atoms with Gasteiger partial charge in [-0.2, -0.15) is 5.10 Å². The van der Waals surface area contributed by atoms with Crippen LogP contribution in [-0.4, -0.2) is 33.2 Å². The highest BCUT2D eigenvalue weighted by Crippen LogP contribution is 2.18. The molecule has 0 saturated carbocycles. The molecule has 3 aromatic heterocycles. The quantitative estimate of drug-likeness (QED) is 0.677. The van der Waals surface area contributed by atoms with E-state index in [9.17, 15) is 0 Å². The molecular weight excluding hydrogens is 332 g/mol. The van der Waals surface area contributed by atoms with Crippen LogP contribution in [0.25, 0.3) is 0 Å². The van der Waals surface area contributed by atoms with Crippen LogP contribution in [0.3, 0.4) is 0 Å². The van der Waals surface area contributed by atoms with Gasteiger partial charge in [-0.25, -0.2) is 0 Å². The van der Waals surface area contributed by atoms with Crippen LogP contribution in [0.4, 0.5) is 0 Å².